The Kier molecular flexibility index (Phi) is 2.93. The standard InChI is InChI=1S/C10H14O4/c1-10(8(11)12,9(13)14)7-5-3-2-4-6-7/h3,5,7H,2,4,6H2,1H3,(H,11,12)(H,13,14)/t7-/m1/s1. The fraction of sp³-hybridized carbons (Fsp3) is 0.600. The highest BCUT2D eigenvalue weighted by Crippen LogP contribution is 2.35. The summed E-state index contributed by atoms with van der Waals surface area (Å²) in [5.41, 5.74) is -1.68. The Bertz CT molecular complexity index is 266. The molecule has 0 spiro atoms. The van der Waals surface area contributed by atoms with Crippen LogP contribution in [0.15, 0.2) is 12.2 Å². The Balaban J connectivity index is 2.98. The topological polar surface area (TPSA) is 74.6 Å². The van der Waals surface area contributed by atoms with E-state index in [2.05, 4.69) is 0 Å². The number of allylic oxidation sites excluding steroid dienone is 2. The van der Waals surface area contributed by atoms with Crippen LogP contribution in [0.5, 0.6) is 0 Å². The van der Waals surface area contributed by atoms with E-state index in [1.807, 2.05) is 6.08 Å². The van der Waals surface area contributed by atoms with Crippen molar-refractivity contribution in [3.8, 4) is 0 Å². The van der Waals surface area contributed by atoms with Crippen LogP contribution in [-0.4, -0.2) is 22.2 Å². The molecule has 0 radical (unpaired) electrons. The van der Waals surface area contributed by atoms with Crippen LogP contribution < -0.4 is 0 Å². The zero-order valence-electron chi connectivity index (χ0n) is 8.06. The SMILES string of the molecule is CC(C(=O)O)(C(=O)O)[C@@H]1C=CCCC1. The first-order valence-electron chi connectivity index (χ1n) is 4.63. The van der Waals surface area contributed by atoms with Crippen LogP contribution in [0.25, 0.3) is 0 Å². The first kappa shape index (κ1) is 10.8. The predicted molar refractivity (Wildman–Crippen MR) is 49.9 cm³/mol. The summed E-state index contributed by atoms with van der Waals surface area (Å²) in [7, 11) is 0. The van der Waals surface area contributed by atoms with Gasteiger partial charge in [-0.05, 0) is 26.2 Å². The number of carbonyl (C=O) groups is 2. The molecule has 0 saturated carbocycles. The summed E-state index contributed by atoms with van der Waals surface area (Å²) in [5.74, 6) is -2.92. The molecule has 0 heterocycles. The number of aliphatic carboxylic acids is 2. The summed E-state index contributed by atoms with van der Waals surface area (Å²) in [6.07, 6.45) is 5.97. The number of hydrogen-bond acceptors (Lipinski definition) is 2. The lowest BCUT2D eigenvalue weighted by Crippen LogP contribution is -2.42. The average molecular weight is 198 g/mol. The van der Waals surface area contributed by atoms with E-state index in [-0.39, 0.29) is 0 Å². The maximum absolute atomic E-state index is 10.9. The van der Waals surface area contributed by atoms with Gasteiger partial charge in [-0.3, -0.25) is 9.59 Å². The van der Waals surface area contributed by atoms with Crippen molar-refractivity contribution in [1.29, 1.82) is 0 Å². The van der Waals surface area contributed by atoms with Crippen LogP contribution in [0.3, 0.4) is 0 Å². The van der Waals surface area contributed by atoms with Gasteiger partial charge >= 0.3 is 11.9 Å². The van der Waals surface area contributed by atoms with Crippen LogP contribution in [0, 0.1) is 11.3 Å². The molecule has 1 aliphatic carbocycles. The molecule has 0 bridgehead atoms. The summed E-state index contributed by atoms with van der Waals surface area (Å²) >= 11 is 0. The average Bonchev–Trinajstić information content (AvgIpc) is 2.17. The minimum absolute atomic E-state index is 0.397. The molecule has 0 aliphatic heterocycles. The molecule has 0 aromatic heterocycles. The second-order valence-corrected chi connectivity index (χ2v) is 3.78. The van der Waals surface area contributed by atoms with Crippen molar-refractivity contribution in [2.75, 3.05) is 0 Å². The molecule has 1 aliphatic rings. The molecule has 0 aromatic rings. The predicted octanol–water partition coefficient (Wildman–Crippen LogP) is 1.52. The quantitative estimate of drug-likeness (QED) is 0.532. The lowest BCUT2D eigenvalue weighted by Gasteiger charge is -2.29. The molecule has 0 saturated heterocycles. The van der Waals surface area contributed by atoms with Gasteiger partial charge in [-0.1, -0.05) is 12.2 Å². The Morgan fingerprint density at radius 3 is 2.29 bits per heavy atom. The zero-order chi connectivity index (χ0) is 10.8. The number of carboxylic acid groups (broad SMARTS) is 2. The third-order valence-electron chi connectivity index (χ3n) is 2.88. The molecule has 0 amide bonds. The lowest BCUT2D eigenvalue weighted by atomic mass is 9.73. The number of carboxylic acids is 2. The lowest BCUT2D eigenvalue weighted by molar-refractivity contribution is -0.166. The zero-order valence-corrected chi connectivity index (χ0v) is 8.06. The Morgan fingerprint density at radius 2 is 1.93 bits per heavy atom. The summed E-state index contributed by atoms with van der Waals surface area (Å²) in [5, 5.41) is 17.9. The van der Waals surface area contributed by atoms with Gasteiger partial charge in [-0.15, -0.1) is 0 Å². The molecule has 14 heavy (non-hydrogen) atoms. The maximum atomic E-state index is 10.9. The molecular formula is C10H14O4. The fourth-order valence-corrected chi connectivity index (χ4v) is 1.70. The monoisotopic (exact) mass is 198 g/mol. The van der Waals surface area contributed by atoms with Crippen LogP contribution in [0.2, 0.25) is 0 Å². The highest BCUT2D eigenvalue weighted by molar-refractivity contribution is 5.98. The van der Waals surface area contributed by atoms with Gasteiger partial charge in [0.05, 0.1) is 0 Å². The van der Waals surface area contributed by atoms with Gasteiger partial charge in [0.15, 0.2) is 5.41 Å². The van der Waals surface area contributed by atoms with Crippen molar-refractivity contribution in [2.45, 2.75) is 26.2 Å². The summed E-state index contributed by atoms with van der Waals surface area (Å²) in [6, 6.07) is 0. The summed E-state index contributed by atoms with van der Waals surface area (Å²) in [4.78, 5) is 21.9. The van der Waals surface area contributed by atoms with E-state index in [9.17, 15) is 9.59 Å². The highest BCUT2D eigenvalue weighted by atomic mass is 16.4. The van der Waals surface area contributed by atoms with Gasteiger partial charge in [0, 0.05) is 5.92 Å². The third kappa shape index (κ3) is 1.64. The Hall–Kier alpha value is -1.32. The maximum Gasteiger partial charge on any atom is 0.321 e. The molecule has 0 fully saturated rings. The third-order valence-corrected chi connectivity index (χ3v) is 2.88. The highest BCUT2D eigenvalue weighted by Gasteiger charge is 2.47. The molecule has 1 rings (SSSR count). The van der Waals surface area contributed by atoms with E-state index in [0.717, 1.165) is 12.8 Å². The van der Waals surface area contributed by atoms with Crippen molar-refractivity contribution in [2.24, 2.45) is 11.3 Å². The van der Waals surface area contributed by atoms with Crippen LogP contribution >= 0.6 is 0 Å². The van der Waals surface area contributed by atoms with E-state index in [0.29, 0.717) is 6.42 Å². The van der Waals surface area contributed by atoms with Gasteiger partial charge < -0.3 is 10.2 Å². The minimum atomic E-state index is -1.68. The second kappa shape index (κ2) is 3.82. The van der Waals surface area contributed by atoms with E-state index >= 15 is 0 Å². The molecule has 4 nitrogen and oxygen atoms in total. The van der Waals surface area contributed by atoms with E-state index < -0.39 is 23.3 Å². The van der Waals surface area contributed by atoms with Crippen molar-refractivity contribution in [3.63, 3.8) is 0 Å². The van der Waals surface area contributed by atoms with Crippen LogP contribution in [-0.2, 0) is 9.59 Å². The second-order valence-electron chi connectivity index (χ2n) is 3.78. The largest absolute Gasteiger partial charge is 0.480 e. The molecular weight excluding hydrogens is 184 g/mol. The minimum Gasteiger partial charge on any atom is -0.480 e. The van der Waals surface area contributed by atoms with Crippen molar-refractivity contribution >= 4 is 11.9 Å². The first-order valence-corrected chi connectivity index (χ1v) is 4.63. The number of hydrogen-bond donors (Lipinski definition) is 2. The molecule has 1 atom stereocenters. The van der Waals surface area contributed by atoms with Crippen LogP contribution in [0.4, 0.5) is 0 Å². The normalized spacial score (nSPS) is 21.9. The molecule has 4 heteroatoms. The van der Waals surface area contributed by atoms with E-state index in [4.69, 9.17) is 10.2 Å². The summed E-state index contributed by atoms with van der Waals surface area (Å²) < 4.78 is 0. The summed E-state index contributed by atoms with van der Waals surface area (Å²) in [6.45, 7) is 1.28. The van der Waals surface area contributed by atoms with Gasteiger partial charge in [0.2, 0.25) is 0 Å². The first-order chi connectivity index (χ1) is 6.49. The van der Waals surface area contributed by atoms with E-state index in [1.165, 1.54) is 6.92 Å². The van der Waals surface area contributed by atoms with Gasteiger partial charge in [0.1, 0.15) is 0 Å². The van der Waals surface area contributed by atoms with Crippen molar-refractivity contribution in [1.82, 2.24) is 0 Å². The van der Waals surface area contributed by atoms with E-state index in [1.54, 1.807) is 6.08 Å². The molecule has 0 aromatic carbocycles. The van der Waals surface area contributed by atoms with Crippen molar-refractivity contribution < 1.29 is 19.8 Å². The van der Waals surface area contributed by atoms with Gasteiger partial charge in [-0.25, -0.2) is 0 Å². The smallest absolute Gasteiger partial charge is 0.321 e. The molecule has 78 valence electrons. The Labute approximate surface area is 82.2 Å². The van der Waals surface area contributed by atoms with Gasteiger partial charge in [-0.2, -0.15) is 0 Å². The Morgan fingerprint density at radius 1 is 1.36 bits per heavy atom. The van der Waals surface area contributed by atoms with Crippen molar-refractivity contribution in [3.05, 3.63) is 12.2 Å². The molecule has 0 unspecified atom stereocenters. The number of rotatable bonds is 3. The van der Waals surface area contributed by atoms with Gasteiger partial charge in [0.25, 0.3) is 0 Å². The van der Waals surface area contributed by atoms with Crippen LogP contribution in [0.1, 0.15) is 26.2 Å². The molecule has 2 N–H and O–H groups in total. The fourth-order valence-electron chi connectivity index (χ4n) is 1.70.